The molecule has 0 aliphatic carbocycles. The molecule has 1 aromatic carbocycles. The molecular weight excluding hydrogens is 254 g/mol. The fourth-order valence-electron chi connectivity index (χ4n) is 2.56. The zero-order valence-electron chi connectivity index (χ0n) is 11.9. The summed E-state index contributed by atoms with van der Waals surface area (Å²) >= 11 is 0. The van der Waals surface area contributed by atoms with Crippen LogP contribution in [0, 0.1) is 5.92 Å². The third kappa shape index (κ3) is 2.61. The summed E-state index contributed by atoms with van der Waals surface area (Å²) in [5.74, 6) is 2.13. The van der Waals surface area contributed by atoms with Crippen LogP contribution in [0.5, 0.6) is 5.75 Å². The molecule has 106 valence electrons. The molecule has 20 heavy (non-hydrogen) atoms. The van der Waals surface area contributed by atoms with E-state index in [2.05, 4.69) is 22.0 Å². The Morgan fingerprint density at radius 2 is 2.10 bits per heavy atom. The van der Waals surface area contributed by atoms with Crippen molar-refractivity contribution in [3.63, 3.8) is 0 Å². The minimum atomic E-state index is 0.626. The lowest BCUT2D eigenvalue weighted by Gasteiger charge is -2.28. The molecule has 0 bridgehead atoms. The minimum absolute atomic E-state index is 0.626. The zero-order chi connectivity index (χ0) is 13.9. The van der Waals surface area contributed by atoms with Gasteiger partial charge in [-0.1, -0.05) is 12.1 Å². The van der Waals surface area contributed by atoms with Crippen molar-refractivity contribution in [2.75, 3.05) is 25.1 Å². The van der Waals surface area contributed by atoms with Crippen molar-refractivity contribution < 1.29 is 9.26 Å². The van der Waals surface area contributed by atoms with Gasteiger partial charge >= 0.3 is 6.01 Å². The molecule has 0 radical (unpaired) electrons. The Morgan fingerprint density at radius 1 is 1.30 bits per heavy atom. The van der Waals surface area contributed by atoms with Gasteiger partial charge in [0.05, 0.1) is 7.11 Å². The van der Waals surface area contributed by atoms with E-state index in [0.29, 0.717) is 17.8 Å². The number of hydrogen-bond acceptors (Lipinski definition) is 5. The van der Waals surface area contributed by atoms with Crippen LogP contribution < -0.4 is 9.64 Å². The van der Waals surface area contributed by atoms with Crippen LogP contribution in [0.25, 0.3) is 11.4 Å². The summed E-state index contributed by atoms with van der Waals surface area (Å²) < 4.78 is 10.5. The van der Waals surface area contributed by atoms with E-state index in [9.17, 15) is 0 Å². The molecule has 0 amide bonds. The Bertz CT molecular complexity index is 565. The maximum absolute atomic E-state index is 5.40. The van der Waals surface area contributed by atoms with Gasteiger partial charge in [0.1, 0.15) is 5.75 Å². The number of rotatable bonds is 3. The molecule has 1 saturated heterocycles. The normalized spacial score (nSPS) is 19.1. The molecule has 2 aromatic rings. The lowest BCUT2D eigenvalue weighted by Crippen LogP contribution is -2.34. The Balaban J connectivity index is 1.78. The van der Waals surface area contributed by atoms with Crippen LogP contribution in [0.3, 0.4) is 0 Å². The lowest BCUT2D eigenvalue weighted by atomic mass is 10.0. The monoisotopic (exact) mass is 273 g/mol. The molecule has 0 saturated carbocycles. The lowest BCUT2D eigenvalue weighted by molar-refractivity contribution is 0.376. The Morgan fingerprint density at radius 3 is 2.80 bits per heavy atom. The number of nitrogens with zero attached hydrogens (tertiary/aromatic N) is 3. The maximum atomic E-state index is 5.40. The van der Waals surface area contributed by atoms with Crippen LogP contribution in [0.15, 0.2) is 28.8 Å². The highest BCUT2D eigenvalue weighted by Crippen LogP contribution is 2.25. The van der Waals surface area contributed by atoms with Crippen molar-refractivity contribution in [2.45, 2.75) is 19.8 Å². The smallest absolute Gasteiger partial charge is 0.324 e. The van der Waals surface area contributed by atoms with Gasteiger partial charge in [-0.2, -0.15) is 4.98 Å². The number of benzene rings is 1. The first kappa shape index (κ1) is 13.0. The predicted octanol–water partition coefficient (Wildman–Crippen LogP) is 2.98. The highest BCUT2D eigenvalue weighted by Gasteiger charge is 2.21. The van der Waals surface area contributed by atoms with Gasteiger partial charge in [0.2, 0.25) is 5.82 Å². The van der Waals surface area contributed by atoms with Crippen LogP contribution >= 0.6 is 0 Å². The zero-order valence-corrected chi connectivity index (χ0v) is 11.9. The Labute approximate surface area is 118 Å². The van der Waals surface area contributed by atoms with Gasteiger partial charge in [-0.15, -0.1) is 0 Å². The van der Waals surface area contributed by atoms with Crippen molar-refractivity contribution in [2.24, 2.45) is 5.92 Å². The number of hydrogen-bond donors (Lipinski definition) is 0. The third-order valence-corrected chi connectivity index (χ3v) is 3.69. The molecule has 1 fully saturated rings. The van der Waals surface area contributed by atoms with Gasteiger partial charge in [-0.3, -0.25) is 0 Å². The van der Waals surface area contributed by atoms with Crippen molar-refractivity contribution in [1.82, 2.24) is 10.1 Å². The van der Waals surface area contributed by atoms with Gasteiger partial charge < -0.3 is 14.2 Å². The molecule has 5 nitrogen and oxygen atoms in total. The minimum Gasteiger partial charge on any atom is -0.497 e. The average Bonchev–Trinajstić information content (AvgIpc) is 2.97. The largest absolute Gasteiger partial charge is 0.497 e. The maximum Gasteiger partial charge on any atom is 0.324 e. The summed E-state index contributed by atoms with van der Waals surface area (Å²) in [5, 5.41) is 4.07. The van der Waals surface area contributed by atoms with Gasteiger partial charge in [0, 0.05) is 18.7 Å². The van der Waals surface area contributed by atoms with E-state index in [1.54, 1.807) is 7.11 Å². The molecule has 1 atom stereocenters. The van der Waals surface area contributed by atoms with Crippen molar-refractivity contribution in [3.05, 3.63) is 24.3 Å². The van der Waals surface area contributed by atoms with Crippen molar-refractivity contribution in [3.8, 4) is 17.1 Å². The molecule has 2 heterocycles. The molecule has 5 heteroatoms. The first-order valence-electron chi connectivity index (χ1n) is 6.99. The standard InChI is InChI=1S/C15H19N3O2/c1-11-4-3-9-18(10-11)15-16-14(17-20-15)12-5-7-13(19-2)8-6-12/h5-8,11H,3-4,9-10H2,1-2H3. The molecule has 0 spiro atoms. The third-order valence-electron chi connectivity index (χ3n) is 3.69. The fourth-order valence-corrected chi connectivity index (χ4v) is 2.56. The number of ether oxygens (including phenoxy) is 1. The van der Waals surface area contributed by atoms with E-state index in [0.717, 1.165) is 24.4 Å². The molecule has 1 aliphatic heterocycles. The van der Waals surface area contributed by atoms with Crippen LogP contribution in [-0.2, 0) is 0 Å². The molecular formula is C15H19N3O2. The van der Waals surface area contributed by atoms with E-state index in [4.69, 9.17) is 9.26 Å². The summed E-state index contributed by atoms with van der Waals surface area (Å²) in [6.07, 6.45) is 2.46. The second-order valence-electron chi connectivity index (χ2n) is 5.32. The number of anilines is 1. The second kappa shape index (κ2) is 5.53. The van der Waals surface area contributed by atoms with E-state index in [-0.39, 0.29) is 0 Å². The summed E-state index contributed by atoms with van der Waals surface area (Å²) in [4.78, 5) is 6.68. The predicted molar refractivity (Wildman–Crippen MR) is 76.9 cm³/mol. The first-order chi connectivity index (χ1) is 9.76. The molecule has 1 aromatic heterocycles. The Kier molecular flexibility index (Phi) is 3.58. The van der Waals surface area contributed by atoms with Crippen LogP contribution in [0.4, 0.5) is 6.01 Å². The average molecular weight is 273 g/mol. The number of aromatic nitrogens is 2. The summed E-state index contributed by atoms with van der Waals surface area (Å²) in [6.45, 7) is 4.24. The van der Waals surface area contributed by atoms with E-state index < -0.39 is 0 Å². The first-order valence-corrected chi connectivity index (χ1v) is 6.99. The van der Waals surface area contributed by atoms with Gasteiger partial charge in [0.15, 0.2) is 0 Å². The topological polar surface area (TPSA) is 51.4 Å². The van der Waals surface area contributed by atoms with E-state index >= 15 is 0 Å². The Hall–Kier alpha value is -2.04. The second-order valence-corrected chi connectivity index (χ2v) is 5.32. The highest BCUT2D eigenvalue weighted by molar-refractivity contribution is 5.56. The number of piperidine rings is 1. The van der Waals surface area contributed by atoms with Crippen molar-refractivity contribution >= 4 is 6.01 Å². The van der Waals surface area contributed by atoms with E-state index in [1.807, 2.05) is 24.3 Å². The van der Waals surface area contributed by atoms with Crippen molar-refractivity contribution in [1.29, 1.82) is 0 Å². The molecule has 3 rings (SSSR count). The van der Waals surface area contributed by atoms with Crippen LogP contribution in [0.2, 0.25) is 0 Å². The van der Waals surface area contributed by atoms with E-state index in [1.165, 1.54) is 12.8 Å². The van der Waals surface area contributed by atoms with Gasteiger partial charge in [-0.05, 0) is 43.0 Å². The summed E-state index contributed by atoms with van der Waals surface area (Å²) in [7, 11) is 1.65. The van der Waals surface area contributed by atoms with Gasteiger partial charge in [0.25, 0.3) is 0 Å². The van der Waals surface area contributed by atoms with Crippen LogP contribution in [0.1, 0.15) is 19.8 Å². The highest BCUT2D eigenvalue weighted by atomic mass is 16.5. The quantitative estimate of drug-likeness (QED) is 0.860. The fraction of sp³-hybridized carbons (Fsp3) is 0.467. The number of methoxy groups -OCH3 is 1. The van der Waals surface area contributed by atoms with Crippen LogP contribution in [-0.4, -0.2) is 30.3 Å². The molecule has 1 aliphatic rings. The molecule has 0 N–H and O–H groups in total. The SMILES string of the molecule is COc1ccc(-c2noc(N3CCCC(C)C3)n2)cc1. The molecule has 1 unspecified atom stereocenters. The summed E-state index contributed by atoms with van der Waals surface area (Å²) in [6, 6.07) is 8.30. The summed E-state index contributed by atoms with van der Waals surface area (Å²) in [5.41, 5.74) is 0.936. The van der Waals surface area contributed by atoms with Gasteiger partial charge in [-0.25, -0.2) is 0 Å².